The van der Waals surface area contributed by atoms with Crippen LogP contribution >= 0.6 is 15.9 Å². The molecule has 1 aliphatic carbocycles. The molecule has 0 bridgehead atoms. The van der Waals surface area contributed by atoms with Crippen molar-refractivity contribution in [2.45, 2.75) is 18.8 Å². The second-order valence-electron chi connectivity index (χ2n) is 6.33. The number of benzene rings is 2. The van der Waals surface area contributed by atoms with Crippen molar-refractivity contribution in [2.24, 2.45) is 5.16 Å². The first-order chi connectivity index (χ1) is 12.7. The van der Waals surface area contributed by atoms with Gasteiger partial charge in [-0.05, 0) is 36.1 Å². The molecule has 2 aromatic carbocycles. The quantitative estimate of drug-likeness (QED) is 0.574. The Bertz CT molecular complexity index is 939. The Morgan fingerprint density at radius 1 is 1.00 bits per heavy atom. The van der Waals surface area contributed by atoms with Crippen molar-refractivity contribution in [1.82, 2.24) is 10.2 Å². The van der Waals surface area contributed by atoms with Crippen molar-refractivity contribution in [3.8, 4) is 11.3 Å². The Kier molecular flexibility index (Phi) is 4.80. The number of oxime groups is 1. The van der Waals surface area contributed by atoms with Gasteiger partial charge in [0.25, 0.3) is 0 Å². The molecular formula is C21H18BrN3O. The second-order valence-corrected chi connectivity index (χ2v) is 7.25. The van der Waals surface area contributed by atoms with E-state index in [0.717, 1.165) is 45.5 Å². The molecule has 26 heavy (non-hydrogen) atoms. The Hall–Kier alpha value is -2.53. The summed E-state index contributed by atoms with van der Waals surface area (Å²) in [7, 11) is 1.59. The second kappa shape index (κ2) is 7.38. The van der Waals surface area contributed by atoms with Gasteiger partial charge in [0.15, 0.2) is 0 Å². The van der Waals surface area contributed by atoms with E-state index >= 15 is 0 Å². The minimum absolute atomic E-state index is 0.338. The molecule has 1 aliphatic rings. The fourth-order valence-electron chi connectivity index (χ4n) is 3.39. The standard InChI is InChI=1S/C21H18BrN3O/c1-26-25-21-12-16(14-5-3-2-4-6-14)11-20-18(21)13-19(23-24-20)15-7-9-17(22)10-8-15/h2-10,13,16H,11-12H2,1H3. The number of rotatable bonds is 3. The number of hydrogen-bond acceptors (Lipinski definition) is 4. The molecule has 130 valence electrons. The van der Waals surface area contributed by atoms with E-state index in [1.807, 2.05) is 30.3 Å². The first-order valence-electron chi connectivity index (χ1n) is 8.52. The molecule has 0 spiro atoms. The van der Waals surface area contributed by atoms with Crippen LogP contribution in [0.15, 0.2) is 70.3 Å². The monoisotopic (exact) mass is 407 g/mol. The predicted octanol–water partition coefficient (Wildman–Crippen LogP) is 4.99. The Balaban J connectivity index is 1.73. The summed E-state index contributed by atoms with van der Waals surface area (Å²) < 4.78 is 1.04. The summed E-state index contributed by atoms with van der Waals surface area (Å²) in [5.41, 5.74) is 6.11. The van der Waals surface area contributed by atoms with Crippen LogP contribution in [0.2, 0.25) is 0 Å². The van der Waals surface area contributed by atoms with Gasteiger partial charge in [-0.15, -0.1) is 0 Å². The van der Waals surface area contributed by atoms with E-state index in [0.29, 0.717) is 5.92 Å². The SMILES string of the molecule is CON=C1CC(c2ccccc2)Cc2nnc(-c3ccc(Br)cc3)cc21. The lowest BCUT2D eigenvalue weighted by molar-refractivity contribution is 0.212. The third-order valence-corrected chi connectivity index (χ3v) is 5.20. The van der Waals surface area contributed by atoms with E-state index < -0.39 is 0 Å². The molecule has 5 heteroatoms. The van der Waals surface area contributed by atoms with Gasteiger partial charge in [-0.25, -0.2) is 0 Å². The van der Waals surface area contributed by atoms with E-state index in [1.165, 1.54) is 5.56 Å². The lowest BCUT2D eigenvalue weighted by Crippen LogP contribution is -2.22. The Labute approximate surface area is 161 Å². The highest BCUT2D eigenvalue weighted by molar-refractivity contribution is 9.10. The van der Waals surface area contributed by atoms with Gasteiger partial charge in [-0.1, -0.05) is 63.6 Å². The number of nitrogens with zero attached hydrogens (tertiary/aromatic N) is 3. The molecule has 0 radical (unpaired) electrons. The van der Waals surface area contributed by atoms with Gasteiger partial charge in [0.05, 0.1) is 17.1 Å². The lowest BCUT2D eigenvalue weighted by atomic mass is 9.81. The van der Waals surface area contributed by atoms with Crippen LogP contribution in [-0.4, -0.2) is 23.0 Å². The fraction of sp³-hybridized carbons (Fsp3) is 0.190. The van der Waals surface area contributed by atoms with Crippen LogP contribution in [0.4, 0.5) is 0 Å². The summed E-state index contributed by atoms with van der Waals surface area (Å²) in [6.45, 7) is 0. The summed E-state index contributed by atoms with van der Waals surface area (Å²) in [4.78, 5) is 5.12. The molecule has 0 amide bonds. The molecule has 1 aromatic heterocycles. The first-order valence-corrected chi connectivity index (χ1v) is 9.32. The summed E-state index contributed by atoms with van der Waals surface area (Å²) in [6, 6.07) is 20.6. The zero-order valence-electron chi connectivity index (χ0n) is 14.4. The third kappa shape index (κ3) is 3.40. The van der Waals surface area contributed by atoms with Crippen molar-refractivity contribution in [1.29, 1.82) is 0 Å². The minimum atomic E-state index is 0.338. The van der Waals surface area contributed by atoms with Gasteiger partial charge in [0, 0.05) is 22.0 Å². The van der Waals surface area contributed by atoms with Crippen LogP contribution < -0.4 is 0 Å². The Morgan fingerprint density at radius 3 is 2.50 bits per heavy atom. The van der Waals surface area contributed by atoms with Gasteiger partial charge in [0.2, 0.25) is 0 Å². The topological polar surface area (TPSA) is 47.4 Å². The maximum Gasteiger partial charge on any atom is 0.106 e. The normalized spacial score (nSPS) is 17.8. The maximum absolute atomic E-state index is 5.12. The highest BCUT2D eigenvalue weighted by Crippen LogP contribution is 2.33. The van der Waals surface area contributed by atoms with Crippen molar-refractivity contribution in [2.75, 3.05) is 7.11 Å². The van der Waals surface area contributed by atoms with Crippen LogP contribution in [0.3, 0.4) is 0 Å². The highest BCUT2D eigenvalue weighted by Gasteiger charge is 2.27. The minimum Gasteiger partial charge on any atom is -0.399 e. The van der Waals surface area contributed by atoms with Crippen LogP contribution in [0, 0.1) is 0 Å². The van der Waals surface area contributed by atoms with Crippen LogP contribution in [0.1, 0.15) is 29.2 Å². The third-order valence-electron chi connectivity index (χ3n) is 4.67. The molecule has 1 unspecified atom stereocenters. The Morgan fingerprint density at radius 2 is 1.77 bits per heavy atom. The largest absolute Gasteiger partial charge is 0.399 e. The van der Waals surface area contributed by atoms with Gasteiger partial charge < -0.3 is 4.84 Å². The average molecular weight is 408 g/mol. The van der Waals surface area contributed by atoms with Crippen LogP contribution in [-0.2, 0) is 11.3 Å². The molecule has 0 aliphatic heterocycles. The zero-order chi connectivity index (χ0) is 17.9. The van der Waals surface area contributed by atoms with Crippen molar-refractivity contribution in [3.63, 3.8) is 0 Å². The highest BCUT2D eigenvalue weighted by atomic mass is 79.9. The van der Waals surface area contributed by atoms with Gasteiger partial charge in [0.1, 0.15) is 7.11 Å². The van der Waals surface area contributed by atoms with Crippen LogP contribution in [0.25, 0.3) is 11.3 Å². The van der Waals surface area contributed by atoms with Gasteiger partial charge in [-0.2, -0.15) is 10.2 Å². The zero-order valence-corrected chi connectivity index (χ0v) is 16.0. The van der Waals surface area contributed by atoms with Crippen molar-refractivity contribution >= 4 is 21.6 Å². The molecule has 4 rings (SSSR count). The molecule has 0 saturated heterocycles. The predicted molar refractivity (Wildman–Crippen MR) is 106 cm³/mol. The van der Waals surface area contributed by atoms with Gasteiger partial charge in [-0.3, -0.25) is 0 Å². The van der Waals surface area contributed by atoms with Crippen molar-refractivity contribution in [3.05, 3.63) is 82.0 Å². The number of fused-ring (bicyclic) bond motifs is 1. The van der Waals surface area contributed by atoms with Crippen LogP contribution in [0.5, 0.6) is 0 Å². The molecule has 0 saturated carbocycles. The summed E-state index contributed by atoms with van der Waals surface area (Å²) in [5, 5.41) is 13.3. The number of aromatic nitrogens is 2. The van der Waals surface area contributed by atoms with E-state index in [4.69, 9.17) is 4.84 Å². The molecule has 1 heterocycles. The molecule has 0 fully saturated rings. The molecule has 0 N–H and O–H groups in total. The molecular weight excluding hydrogens is 390 g/mol. The number of hydrogen-bond donors (Lipinski definition) is 0. The van der Waals surface area contributed by atoms with E-state index in [1.54, 1.807) is 7.11 Å². The molecule has 4 nitrogen and oxygen atoms in total. The fourth-order valence-corrected chi connectivity index (χ4v) is 3.65. The lowest BCUT2D eigenvalue weighted by Gasteiger charge is -2.25. The van der Waals surface area contributed by atoms with E-state index in [2.05, 4.69) is 61.6 Å². The molecule has 1 atom stereocenters. The average Bonchev–Trinajstić information content (AvgIpc) is 2.69. The molecule has 3 aromatic rings. The maximum atomic E-state index is 5.12. The summed E-state index contributed by atoms with van der Waals surface area (Å²) in [5.74, 6) is 0.338. The smallest absolute Gasteiger partial charge is 0.106 e. The first kappa shape index (κ1) is 16.9. The van der Waals surface area contributed by atoms with E-state index in [9.17, 15) is 0 Å². The van der Waals surface area contributed by atoms with Crippen molar-refractivity contribution < 1.29 is 4.84 Å². The summed E-state index contributed by atoms with van der Waals surface area (Å²) in [6.07, 6.45) is 1.69. The van der Waals surface area contributed by atoms with Gasteiger partial charge >= 0.3 is 0 Å². The number of halogens is 1. The summed E-state index contributed by atoms with van der Waals surface area (Å²) >= 11 is 3.47. The van der Waals surface area contributed by atoms with E-state index in [-0.39, 0.29) is 0 Å².